The van der Waals surface area contributed by atoms with E-state index in [9.17, 15) is 4.39 Å². The summed E-state index contributed by atoms with van der Waals surface area (Å²) >= 11 is 0. The Morgan fingerprint density at radius 1 is 1.25 bits per heavy atom. The van der Waals surface area contributed by atoms with Gasteiger partial charge in [0.1, 0.15) is 12.4 Å². The quantitative estimate of drug-likeness (QED) is 0.721. The number of fused-ring (bicyclic) bond motifs is 1. The van der Waals surface area contributed by atoms with Crippen molar-refractivity contribution in [2.24, 2.45) is 0 Å². The number of halogens is 1. The van der Waals surface area contributed by atoms with Gasteiger partial charge in [0.05, 0.1) is 5.69 Å². The minimum Gasteiger partial charge on any atom is -0.485 e. The van der Waals surface area contributed by atoms with E-state index in [1.54, 1.807) is 18.2 Å². The molecule has 0 saturated carbocycles. The largest absolute Gasteiger partial charge is 0.485 e. The normalized spacial score (nSPS) is 12.5. The molecule has 0 saturated heterocycles. The third-order valence-electron chi connectivity index (χ3n) is 3.91. The zero-order valence-electron chi connectivity index (χ0n) is 14.0. The molecule has 1 N–H and O–H groups in total. The summed E-state index contributed by atoms with van der Waals surface area (Å²) in [5.41, 5.74) is 2.30. The number of aromatic nitrogens is 2. The molecule has 0 amide bonds. The third kappa shape index (κ3) is 3.74. The highest BCUT2D eigenvalue weighted by molar-refractivity contribution is 5.54. The van der Waals surface area contributed by atoms with E-state index in [1.165, 1.54) is 6.07 Å². The maximum atomic E-state index is 13.7. The van der Waals surface area contributed by atoms with Gasteiger partial charge in [0.25, 0.3) is 0 Å². The second-order valence-electron chi connectivity index (χ2n) is 5.88. The van der Waals surface area contributed by atoms with Crippen LogP contribution in [0, 0.1) is 5.82 Å². The highest BCUT2D eigenvalue weighted by Crippen LogP contribution is 2.21. The van der Waals surface area contributed by atoms with E-state index in [2.05, 4.69) is 24.1 Å². The van der Waals surface area contributed by atoms with Crippen LogP contribution in [0.5, 0.6) is 5.75 Å². The Kier molecular flexibility index (Phi) is 5.11. The molecule has 2 aromatic heterocycles. The average molecular weight is 327 g/mol. The van der Waals surface area contributed by atoms with Crippen molar-refractivity contribution in [2.75, 3.05) is 6.54 Å². The Hall–Kier alpha value is -2.40. The summed E-state index contributed by atoms with van der Waals surface area (Å²) in [4.78, 5) is 4.67. The molecular formula is C19H22FN3O. The Bertz CT molecular complexity index is 815. The number of imidazole rings is 1. The number of hydrogen-bond acceptors (Lipinski definition) is 3. The number of hydrogen-bond donors (Lipinski definition) is 1. The Morgan fingerprint density at radius 3 is 2.88 bits per heavy atom. The molecule has 0 aliphatic rings. The van der Waals surface area contributed by atoms with Crippen LogP contribution in [0.25, 0.3) is 5.65 Å². The molecule has 0 spiro atoms. The van der Waals surface area contributed by atoms with Gasteiger partial charge >= 0.3 is 0 Å². The van der Waals surface area contributed by atoms with E-state index in [0.717, 1.165) is 24.3 Å². The number of rotatable bonds is 7. The second-order valence-corrected chi connectivity index (χ2v) is 5.88. The zero-order chi connectivity index (χ0) is 16.9. The monoisotopic (exact) mass is 327 g/mol. The summed E-state index contributed by atoms with van der Waals surface area (Å²) in [5.74, 6) is 0.399. The molecule has 5 heteroatoms. The van der Waals surface area contributed by atoms with Gasteiger partial charge in [-0.25, -0.2) is 9.37 Å². The van der Waals surface area contributed by atoms with Crippen LogP contribution in [0.4, 0.5) is 4.39 Å². The summed E-state index contributed by atoms with van der Waals surface area (Å²) in [6.45, 7) is 5.35. The summed E-state index contributed by atoms with van der Waals surface area (Å²) in [6, 6.07) is 10.8. The maximum absolute atomic E-state index is 13.7. The highest BCUT2D eigenvalue weighted by atomic mass is 19.1. The molecule has 3 aromatic rings. The van der Waals surface area contributed by atoms with Gasteiger partial charge in [-0.05, 0) is 31.7 Å². The molecular weight excluding hydrogens is 305 g/mol. The van der Waals surface area contributed by atoms with Crippen molar-refractivity contribution in [3.8, 4) is 5.75 Å². The number of benzene rings is 1. The van der Waals surface area contributed by atoms with Crippen LogP contribution >= 0.6 is 0 Å². The molecule has 0 aliphatic heterocycles. The lowest BCUT2D eigenvalue weighted by molar-refractivity contribution is 0.301. The number of nitrogens with one attached hydrogen (secondary N) is 1. The van der Waals surface area contributed by atoms with Crippen LogP contribution in [0.1, 0.15) is 25.1 Å². The second kappa shape index (κ2) is 7.45. The van der Waals surface area contributed by atoms with Crippen molar-refractivity contribution < 1.29 is 9.13 Å². The van der Waals surface area contributed by atoms with Crippen LogP contribution < -0.4 is 10.1 Å². The molecule has 3 rings (SSSR count). The summed E-state index contributed by atoms with van der Waals surface area (Å²) in [5, 5.41) is 3.38. The molecule has 126 valence electrons. The van der Waals surface area contributed by atoms with Gasteiger partial charge in [0, 0.05) is 30.4 Å². The van der Waals surface area contributed by atoms with Crippen LogP contribution in [0.3, 0.4) is 0 Å². The molecule has 0 radical (unpaired) electrons. The summed E-state index contributed by atoms with van der Waals surface area (Å²) < 4.78 is 21.5. The molecule has 0 fully saturated rings. The number of ether oxygens (including phenoxy) is 1. The van der Waals surface area contributed by atoms with E-state index < -0.39 is 0 Å². The lowest BCUT2D eigenvalue weighted by atomic mass is 10.2. The van der Waals surface area contributed by atoms with Crippen molar-refractivity contribution in [3.05, 3.63) is 65.9 Å². The Morgan fingerprint density at radius 2 is 2.08 bits per heavy atom. The van der Waals surface area contributed by atoms with Crippen molar-refractivity contribution >= 4 is 5.65 Å². The van der Waals surface area contributed by atoms with Gasteiger partial charge in [-0.2, -0.15) is 0 Å². The van der Waals surface area contributed by atoms with Crippen LogP contribution in [0.15, 0.2) is 48.8 Å². The van der Waals surface area contributed by atoms with Crippen molar-refractivity contribution in [2.45, 2.75) is 32.9 Å². The van der Waals surface area contributed by atoms with Crippen LogP contribution in [0.2, 0.25) is 0 Å². The molecule has 2 heterocycles. The molecule has 24 heavy (non-hydrogen) atoms. The SMILES string of the molecule is CCNC(C)Cc1cn2cccc(OCc3ccccc3F)c2n1. The van der Waals surface area contributed by atoms with Gasteiger partial charge in [-0.15, -0.1) is 0 Å². The molecule has 1 unspecified atom stereocenters. The number of pyridine rings is 1. The molecule has 1 aromatic carbocycles. The fourth-order valence-electron chi connectivity index (χ4n) is 2.75. The standard InChI is InChI=1S/C19H22FN3O/c1-3-21-14(2)11-16-12-23-10-6-9-18(19(23)22-16)24-13-15-7-4-5-8-17(15)20/h4-10,12,14,21H,3,11,13H2,1-2H3. The van der Waals surface area contributed by atoms with E-state index in [-0.39, 0.29) is 12.4 Å². The van der Waals surface area contributed by atoms with E-state index in [4.69, 9.17) is 4.74 Å². The predicted molar refractivity (Wildman–Crippen MR) is 92.8 cm³/mol. The topological polar surface area (TPSA) is 38.6 Å². The number of likely N-dealkylation sites (N-methyl/N-ethyl adjacent to an activating group) is 1. The fraction of sp³-hybridized carbons (Fsp3) is 0.316. The molecule has 1 atom stereocenters. The van der Waals surface area contributed by atoms with Crippen molar-refractivity contribution in [1.82, 2.24) is 14.7 Å². The van der Waals surface area contributed by atoms with E-state index >= 15 is 0 Å². The lowest BCUT2D eigenvalue weighted by Gasteiger charge is -2.09. The zero-order valence-corrected chi connectivity index (χ0v) is 14.0. The Labute approximate surface area is 141 Å². The minimum atomic E-state index is -0.257. The van der Waals surface area contributed by atoms with Crippen LogP contribution in [-0.2, 0) is 13.0 Å². The summed E-state index contributed by atoms with van der Waals surface area (Å²) in [7, 11) is 0. The van der Waals surface area contributed by atoms with E-state index in [1.807, 2.05) is 28.9 Å². The Balaban J connectivity index is 1.78. The average Bonchev–Trinajstić information content (AvgIpc) is 2.97. The van der Waals surface area contributed by atoms with Gasteiger partial charge in [0.15, 0.2) is 11.4 Å². The molecule has 0 aliphatic carbocycles. The summed E-state index contributed by atoms with van der Waals surface area (Å²) in [6.07, 6.45) is 4.81. The fourth-order valence-corrected chi connectivity index (χ4v) is 2.75. The number of nitrogens with zero attached hydrogens (tertiary/aromatic N) is 2. The first-order valence-corrected chi connectivity index (χ1v) is 8.23. The van der Waals surface area contributed by atoms with E-state index in [0.29, 0.717) is 17.4 Å². The minimum absolute atomic E-state index is 0.183. The van der Waals surface area contributed by atoms with Gasteiger partial charge < -0.3 is 14.5 Å². The van der Waals surface area contributed by atoms with Crippen LogP contribution in [-0.4, -0.2) is 22.0 Å². The third-order valence-corrected chi connectivity index (χ3v) is 3.91. The highest BCUT2D eigenvalue weighted by Gasteiger charge is 2.11. The smallest absolute Gasteiger partial charge is 0.179 e. The maximum Gasteiger partial charge on any atom is 0.179 e. The first-order valence-electron chi connectivity index (χ1n) is 8.23. The lowest BCUT2D eigenvalue weighted by Crippen LogP contribution is -2.27. The van der Waals surface area contributed by atoms with Crippen molar-refractivity contribution in [3.63, 3.8) is 0 Å². The van der Waals surface area contributed by atoms with Gasteiger partial charge in [-0.1, -0.05) is 25.1 Å². The van der Waals surface area contributed by atoms with Crippen molar-refractivity contribution in [1.29, 1.82) is 0 Å². The van der Waals surface area contributed by atoms with Gasteiger partial charge in [-0.3, -0.25) is 0 Å². The first kappa shape index (κ1) is 16.5. The first-order chi connectivity index (χ1) is 11.7. The molecule has 0 bridgehead atoms. The predicted octanol–water partition coefficient (Wildman–Crippen LogP) is 3.59. The van der Waals surface area contributed by atoms with Gasteiger partial charge in [0.2, 0.25) is 0 Å². The molecule has 4 nitrogen and oxygen atoms in total.